The van der Waals surface area contributed by atoms with Crippen molar-refractivity contribution in [3.05, 3.63) is 47.5 Å². The van der Waals surface area contributed by atoms with Crippen LogP contribution in [0.25, 0.3) is 11.5 Å². The summed E-state index contributed by atoms with van der Waals surface area (Å²) in [5.41, 5.74) is 8.81. The highest BCUT2D eigenvalue weighted by molar-refractivity contribution is 5.53. The van der Waals surface area contributed by atoms with Gasteiger partial charge >= 0.3 is 0 Å². The Morgan fingerprint density at radius 3 is 2.62 bits per heavy atom. The van der Waals surface area contributed by atoms with Crippen LogP contribution in [0.15, 0.2) is 34.7 Å². The van der Waals surface area contributed by atoms with E-state index in [1.807, 2.05) is 49.2 Å². The molecule has 0 aliphatic rings. The zero-order valence-corrected chi connectivity index (χ0v) is 15.4. The van der Waals surface area contributed by atoms with Gasteiger partial charge in [-0.3, -0.25) is 0 Å². The van der Waals surface area contributed by atoms with E-state index in [4.69, 9.17) is 10.2 Å². The number of nitrogen functional groups attached to an aromatic ring is 1. The lowest BCUT2D eigenvalue weighted by Crippen LogP contribution is -2.21. The van der Waals surface area contributed by atoms with Crippen molar-refractivity contribution in [3.8, 4) is 11.5 Å². The fourth-order valence-corrected chi connectivity index (χ4v) is 2.86. The number of hydrogen-bond donors (Lipinski definition) is 1. The molecule has 7 heteroatoms. The lowest BCUT2D eigenvalue weighted by molar-refractivity contribution is 0.502. The molecule has 0 aliphatic heterocycles. The Morgan fingerprint density at radius 2 is 1.88 bits per heavy atom. The molecule has 0 saturated heterocycles. The van der Waals surface area contributed by atoms with Crippen LogP contribution in [0.3, 0.4) is 0 Å². The summed E-state index contributed by atoms with van der Waals surface area (Å²) in [6.07, 6.45) is 3.10. The largest absolute Gasteiger partial charge is 0.419 e. The molecular weight excluding hydrogens is 328 g/mol. The third-order valence-electron chi connectivity index (χ3n) is 4.21. The fraction of sp³-hybridized carbons (Fsp3) is 0.368. The molecule has 0 amide bonds. The Morgan fingerprint density at radius 1 is 1.12 bits per heavy atom. The van der Waals surface area contributed by atoms with Gasteiger partial charge in [0.25, 0.3) is 0 Å². The Bertz CT molecular complexity index is 862. The lowest BCUT2D eigenvalue weighted by atomic mass is 10.1. The van der Waals surface area contributed by atoms with Crippen molar-refractivity contribution in [1.29, 1.82) is 0 Å². The average Bonchev–Trinajstić information content (AvgIpc) is 3.09. The molecule has 1 aromatic carbocycles. The maximum absolute atomic E-state index is 5.87. The summed E-state index contributed by atoms with van der Waals surface area (Å²) in [5.74, 6) is 2.14. The quantitative estimate of drug-likeness (QED) is 0.696. The Hall–Kier alpha value is -2.96. The van der Waals surface area contributed by atoms with Crippen molar-refractivity contribution in [2.24, 2.45) is 0 Å². The third kappa shape index (κ3) is 3.99. The van der Waals surface area contributed by atoms with E-state index in [-0.39, 0.29) is 5.95 Å². The van der Waals surface area contributed by atoms with Crippen LogP contribution < -0.4 is 10.6 Å². The predicted octanol–water partition coefficient (Wildman–Crippen LogP) is 3.40. The highest BCUT2D eigenvalue weighted by Crippen LogP contribution is 2.25. The smallest absolute Gasteiger partial charge is 0.247 e. The third-order valence-corrected chi connectivity index (χ3v) is 4.21. The molecule has 0 atom stereocenters. The van der Waals surface area contributed by atoms with E-state index in [1.54, 1.807) is 0 Å². The molecule has 0 saturated carbocycles. The number of nitrogens with zero attached hydrogens (tertiary/aromatic N) is 5. The van der Waals surface area contributed by atoms with Gasteiger partial charge in [0.2, 0.25) is 17.7 Å². The zero-order chi connectivity index (χ0) is 18.5. The monoisotopic (exact) mass is 352 g/mol. The molecule has 3 rings (SSSR count). The minimum atomic E-state index is 0.278. The van der Waals surface area contributed by atoms with E-state index in [0.717, 1.165) is 41.9 Å². The number of benzene rings is 1. The first-order chi connectivity index (χ1) is 12.6. The van der Waals surface area contributed by atoms with Gasteiger partial charge in [-0.15, -0.1) is 10.2 Å². The number of anilines is 2. The summed E-state index contributed by atoms with van der Waals surface area (Å²) >= 11 is 0. The molecule has 3 aromatic rings. The fourth-order valence-electron chi connectivity index (χ4n) is 2.86. The minimum Gasteiger partial charge on any atom is -0.419 e. The van der Waals surface area contributed by atoms with E-state index in [9.17, 15) is 0 Å². The summed E-state index contributed by atoms with van der Waals surface area (Å²) in [5, 5.41) is 8.30. The molecule has 136 valence electrons. The molecule has 7 nitrogen and oxygen atoms in total. The SMILES string of the molecule is CCCCc1c(C)nc(N)nc1N(C)Cc1nnc(-c2ccccc2)o1. The average molecular weight is 352 g/mol. The normalized spacial score (nSPS) is 10.9. The van der Waals surface area contributed by atoms with E-state index in [1.165, 1.54) is 0 Å². The van der Waals surface area contributed by atoms with Crippen molar-refractivity contribution in [2.45, 2.75) is 39.7 Å². The summed E-state index contributed by atoms with van der Waals surface area (Å²) in [6, 6.07) is 9.72. The highest BCUT2D eigenvalue weighted by atomic mass is 16.4. The van der Waals surface area contributed by atoms with Crippen LogP contribution in [0.1, 0.15) is 36.9 Å². The lowest BCUT2D eigenvalue weighted by Gasteiger charge is -2.21. The van der Waals surface area contributed by atoms with Crippen LogP contribution in [0.4, 0.5) is 11.8 Å². The summed E-state index contributed by atoms with van der Waals surface area (Å²) in [4.78, 5) is 10.7. The molecule has 0 spiro atoms. The van der Waals surface area contributed by atoms with Crippen molar-refractivity contribution in [3.63, 3.8) is 0 Å². The van der Waals surface area contributed by atoms with Crippen LogP contribution >= 0.6 is 0 Å². The van der Waals surface area contributed by atoms with Crippen molar-refractivity contribution in [1.82, 2.24) is 20.2 Å². The first-order valence-electron chi connectivity index (χ1n) is 8.80. The van der Waals surface area contributed by atoms with Gasteiger partial charge in [-0.05, 0) is 31.9 Å². The van der Waals surface area contributed by atoms with Crippen molar-refractivity contribution < 1.29 is 4.42 Å². The molecule has 0 bridgehead atoms. The van der Waals surface area contributed by atoms with Gasteiger partial charge in [0, 0.05) is 23.9 Å². The number of hydrogen-bond acceptors (Lipinski definition) is 7. The second-order valence-corrected chi connectivity index (χ2v) is 6.30. The highest BCUT2D eigenvalue weighted by Gasteiger charge is 2.17. The van der Waals surface area contributed by atoms with Gasteiger partial charge in [-0.25, -0.2) is 4.98 Å². The molecular formula is C19H24N6O. The van der Waals surface area contributed by atoms with Gasteiger partial charge in [0.1, 0.15) is 5.82 Å². The Labute approximate surface area is 153 Å². The maximum Gasteiger partial charge on any atom is 0.247 e. The van der Waals surface area contributed by atoms with E-state index < -0.39 is 0 Å². The minimum absolute atomic E-state index is 0.278. The molecule has 0 aliphatic carbocycles. The standard InChI is InChI=1S/C19H24N6O/c1-4-5-11-15-13(2)21-19(20)22-17(15)25(3)12-16-23-24-18(26-16)14-9-7-6-8-10-14/h6-10H,4-5,11-12H2,1-3H3,(H2,20,21,22). The molecule has 0 fully saturated rings. The number of unbranched alkanes of at least 4 members (excludes halogenated alkanes) is 1. The van der Waals surface area contributed by atoms with E-state index in [0.29, 0.717) is 18.3 Å². The van der Waals surface area contributed by atoms with Gasteiger partial charge in [-0.1, -0.05) is 31.5 Å². The molecule has 0 unspecified atom stereocenters. The number of rotatable bonds is 7. The van der Waals surface area contributed by atoms with Gasteiger partial charge < -0.3 is 15.1 Å². The molecule has 2 aromatic heterocycles. The molecule has 2 N–H and O–H groups in total. The second kappa shape index (κ2) is 7.95. The summed E-state index contributed by atoms with van der Waals surface area (Å²) in [6.45, 7) is 4.59. The van der Waals surface area contributed by atoms with E-state index >= 15 is 0 Å². The van der Waals surface area contributed by atoms with Gasteiger partial charge in [-0.2, -0.15) is 4.98 Å². The molecule has 2 heterocycles. The number of nitrogens with two attached hydrogens (primary N) is 1. The first kappa shape index (κ1) is 17.8. The van der Waals surface area contributed by atoms with Crippen LogP contribution in [0, 0.1) is 6.92 Å². The van der Waals surface area contributed by atoms with E-state index in [2.05, 4.69) is 27.1 Å². The van der Waals surface area contributed by atoms with Gasteiger partial charge in [0.15, 0.2) is 0 Å². The number of aromatic nitrogens is 4. The van der Waals surface area contributed by atoms with Crippen LogP contribution in [-0.4, -0.2) is 27.2 Å². The first-order valence-corrected chi connectivity index (χ1v) is 8.80. The Balaban J connectivity index is 1.82. The summed E-state index contributed by atoms with van der Waals surface area (Å²) in [7, 11) is 1.95. The zero-order valence-electron chi connectivity index (χ0n) is 15.4. The maximum atomic E-state index is 5.87. The van der Waals surface area contributed by atoms with Crippen molar-refractivity contribution in [2.75, 3.05) is 17.7 Å². The second-order valence-electron chi connectivity index (χ2n) is 6.30. The van der Waals surface area contributed by atoms with Crippen molar-refractivity contribution >= 4 is 11.8 Å². The summed E-state index contributed by atoms with van der Waals surface area (Å²) < 4.78 is 5.80. The Kier molecular flexibility index (Phi) is 5.46. The predicted molar refractivity (Wildman–Crippen MR) is 102 cm³/mol. The number of aryl methyl sites for hydroxylation is 1. The molecule has 0 radical (unpaired) electrons. The van der Waals surface area contributed by atoms with Crippen LogP contribution in [0.2, 0.25) is 0 Å². The van der Waals surface area contributed by atoms with Crippen LogP contribution in [-0.2, 0) is 13.0 Å². The van der Waals surface area contributed by atoms with Crippen LogP contribution in [0.5, 0.6) is 0 Å². The molecule has 26 heavy (non-hydrogen) atoms. The topological polar surface area (TPSA) is 94.0 Å². The van der Waals surface area contributed by atoms with Gasteiger partial charge in [0.05, 0.1) is 6.54 Å².